The maximum atomic E-state index is 13.5. The van der Waals surface area contributed by atoms with Crippen molar-refractivity contribution in [1.82, 2.24) is 10.2 Å². The highest BCUT2D eigenvalue weighted by Gasteiger charge is 2.43. The van der Waals surface area contributed by atoms with E-state index >= 15 is 0 Å². The number of nitrogens with one attached hydrogen (secondary N) is 1. The molecule has 3 nitrogen and oxygen atoms in total. The second-order valence-corrected chi connectivity index (χ2v) is 10.0. The minimum Gasteiger partial charge on any atom is -0.352 e. The van der Waals surface area contributed by atoms with E-state index in [2.05, 4.69) is 10.2 Å². The molecule has 2 aliphatic rings. The SMILES string of the molecule is O=C(N[C@H]1CC[C@@H]2CN(Cc3cccc(C(F)(F)F)c3)C[C@H]21)C(c1ccc(F)cc1)c1ccc(F)cc1. The standard InChI is InChI=1S/C29H27F5N2O/c30-23-9-4-19(5-10-23)27(20-6-11-24(31)12-7-20)28(37)35-26-13-8-21-16-36(17-25(21)26)15-18-2-1-3-22(14-18)29(32,33)34/h1-7,9-12,14,21,25-27H,8,13,15-17H2,(H,35,37)/t21-,25-,26+/m1/s1. The molecule has 1 saturated carbocycles. The number of carbonyl (C=O) groups is 1. The molecule has 0 radical (unpaired) electrons. The smallest absolute Gasteiger partial charge is 0.352 e. The number of amides is 1. The Morgan fingerprint density at radius 1 is 0.892 bits per heavy atom. The lowest BCUT2D eigenvalue weighted by Gasteiger charge is -2.25. The molecule has 1 amide bonds. The first-order chi connectivity index (χ1) is 17.7. The van der Waals surface area contributed by atoms with Crippen molar-refractivity contribution in [3.63, 3.8) is 0 Å². The number of halogens is 5. The first-order valence-corrected chi connectivity index (χ1v) is 12.4. The lowest BCUT2D eigenvalue weighted by atomic mass is 9.89. The average Bonchev–Trinajstić information content (AvgIpc) is 3.42. The number of likely N-dealkylation sites (tertiary alicyclic amines) is 1. The van der Waals surface area contributed by atoms with Gasteiger partial charge < -0.3 is 5.32 Å². The summed E-state index contributed by atoms with van der Waals surface area (Å²) in [5.74, 6) is -1.23. The highest BCUT2D eigenvalue weighted by atomic mass is 19.4. The summed E-state index contributed by atoms with van der Waals surface area (Å²) in [7, 11) is 0. The highest BCUT2D eigenvalue weighted by Crippen LogP contribution is 2.39. The normalized spacial score (nSPS) is 21.8. The van der Waals surface area contributed by atoms with Gasteiger partial charge in [-0.05, 0) is 71.7 Å². The third-order valence-electron chi connectivity index (χ3n) is 7.59. The van der Waals surface area contributed by atoms with E-state index in [0.717, 1.165) is 25.5 Å². The third kappa shape index (κ3) is 5.69. The van der Waals surface area contributed by atoms with Gasteiger partial charge in [-0.25, -0.2) is 8.78 Å². The molecule has 3 aromatic carbocycles. The van der Waals surface area contributed by atoms with E-state index in [1.807, 2.05) is 0 Å². The van der Waals surface area contributed by atoms with Crippen molar-refractivity contribution in [3.8, 4) is 0 Å². The summed E-state index contributed by atoms with van der Waals surface area (Å²) in [5, 5.41) is 3.19. The molecule has 0 spiro atoms. The lowest BCUT2D eigenvalue weighted by molar-refractivity contribution is -0.137. The van der Waals surface area contributed by atoms with Gasteiger partial charge in [0, 0.05) is 25.7 Å². The maximum absolute atomic E-state index is 13.5. The summed E-state index contributed by atoms with van der Waals surface area (Å²) < 4.78 is 66.4. The van der Waals surface area contributed by atoms with Gasteiger partial charge in [0.2, 0.25) is 5.91 Å². The predicted octanol–water partition coefficient (Wildman–Crippen LogP) is 6.14. The number of alkyl halides is 3. The Balaban J connectivity index is 1.29. The van der Waals surface area contributed by atoms with Crippen molar-refractivity contribution in [3.05, 3.63) is 107 Å². The van der Waals surface area contributed by atoms with Crippen LogP contribution >= 0.6 is 0 Å². The van der Waals surface area contributed by atoms with E-state index < -0.39 is 29.3 Å². The fourth-order valence-corrected chi connectivity index (χ4v) is 5.84. The van der Waals surface area contributed by atoms with Crippen LogP contribution in [-0.4, -0.2) is 29.9 Å². The van der Waals surface area contributed by atoms with Gasteiger partial charge in [0.05, 0.1) is 11.5 Å². The van der Waals surface area contributed by atoms with E-state index in [4.69, 9.17) is 0 Å². The van der Waals surface area contributed by atoms with E-state index in [0.29, 0.717) is 35.7 Å². The molecule has 3 aromatic rings. The fourth-order valence-electron chi connectivity index (χ4n) is 5.84. The second kappa shape index (κ2) is 10.2. The van der Waals surface area contributed by atoms with E-state index in [-0.39, 0.29) is 17.9 Å². The van der Waals surface area contributed by atoms with Crippen LogP contribution in [0.2, 0.25) is 0 Å². The number of rotatable bonds is 6. The van der Waals surface area contributed by atoms with Crippen LogP contribution < -0.4 is 5.32 Å². The summed E-state index contributed by atoms with van der Waals surface area (Å²) in [6, 6.07) is 16.8. The molecule has 1 N–H and O–H groups in total. The lowest BCUT2D eigenvalue weighted by Crippen LogP contribution is -2.42. The van der Waals surface area contributed by atoms with Gasteiger partial charge in [0.15, 0.2) is 0 Å². The van der Waals surface area contributed by atoms with Crippen LogP contribution in [0.5, 0.6) is 0 Å². The number of fused-ring (bicyclic) bond motifs is 1. The maximum Gasteiger partial charge on any atom is 0.416 e. The van der Waals surface area contributed by atoms with Crippen LogP contribution in [0.3, 0.4) is 0 Å². The molecule has 0 bridgehead atoms. The van der Waals surface area contributed by atoms with Crippen molar-refractivity contribution in [2.75, 3.05) is 13.1 Å². The molecule has 0 aromatic heterocycles. The monoisotopic (exact) mass is 514 g/mol. The van der Waals surface area contributed by atoms with Crippen LogP contribution in [-0.2, 0) is 17.5 Å². The van der Waals surface area contributed by atoms with Crippen LogP contribution in [0.15, 0.2) is 72.8 Å². The Morgan fingerprint density at radius 3 is 2.11 bits per heavy atom. The Kier molecular flexibility index (Phi) is 7.03. The van der Waals surface area contributed by atoms with Gasteiger partial charge >= 0.3 is 6.18 Å². The Morgan fingerprint density at radius 2 is 1.51 bits per heavy atom. The van der Waals surface area contributed by atoms with Gasteiger partial charge in [0.25, 0.3) is 0 Å². The van der Waals surface area contributed by atoms with Gasteiger partial charge in [-0.3, -0.25) is 9.69 Å². The number of benzene rings is 3. The van der Waals surface area contributed by atoms with Crippen LogP contribution in [0.25, 0.3) is 0 Å². The topological polar surface area (TPSA) is 32.3 Å². The molecular weight excluding hydrogens is 487 g/mol. The number of nitrogens with zero attached hydrogens (tertiary/aromatic N) is 1. The number of carbonyl (C=O) groups excluding carboxylic acids is 1. The molecule has 194 valence electrons. The molecule has 37 heavy (non-hydrogen) atoms. The molecular formula is C29H27F5N2O. The van der Waals surface area contributed by atoms with Crippen molar-refractivity contribution >= 4 is 5.91 Å². The molecule has 2 fully saturated rings. The zero-order valence-electron chi connectivity index (χ0n) is 20.0. The highest BCUT2D eigenvalue weighted by molar-refractivity contribution is 5.87. The second-order valence-electron chi connectivity index (χ2n) is 10.0. The molecule has 5 rings (SSSR count). The van der Waals surface area contributed by atoms with Gasteiger partial charge in [-0.2, -0.15) is 13.2 Å². The first kappa shape index (κ1) is 25.4. The van der Waals surface area contributed by atoms with Crippen molar-refractivity contribution in [2.45, 2.75) is 37.5 Å². The number of hydrogen-bond acceptors (Lipinski definition) is 2. The third-order valence-corrected chi connectivity index (χ3v) is 7.59. The molecule has 3 atom stereocenters. The summed E-state index contributed by atoms with van der Waals surface area (Å²) in [6.07, 6.45) is -2.64. The van der Waals surface area contributed by atoms with Crippen LogP contribution in [0, 0.1) is 23.5 Å². The summed E-state index contributed by atoms with van der Waals surface area (Å²) >= 11 is 0. The molecule has 8 heteroatoms. The van der Waals surface area contributed by atoms with Crippen molar-refractivity contribution in [2.24, 2.45) is 11.8 Å². The molecule has 0 unspecified atom stereocenters. The Labute approximate surface area is 212 Å². The minimum atomic E-state index is -4.38. The van der Waals surface area contributed by atoms with E-state index in [1.165, 1.54) is 36.4 Å². The first-order valence-electron chi connectivity index (χ1n) is 12.4. The van der Waals surface area contributed by atoms with E-state index in [1.54, 1.807) is 30.3 Å². The largest absolute Gasteiger partial charge is 0.416 e. The Hall–Kier alpha value is -3.26. The fraction of sp³-hybridized carbons (Fsp3) is 0.345. The molecule has 1 heterocycles. The molecule has 1 saturated heterocycles. The number of hydrogen-bond donors (Lipinski definition) is 1. The van der Waals surface area contributed by atoms with Gasteiger partial charge in [-0.15, -0.1) is 0 Å². The zero-order valence-corrected chi connectivity index (χ0v) is 20.0. The van der Waals surface area contributed by atoms with Crippen LogP contribution in [0.4, 0.5) is 22.0 Å². The Bertz CT molecular complexity index is 1200. The predicted molar refractivity (Wildman–Crippen MR) is 130 cm³/mol. The molecule has 1 aliphatic carbocycles. The minimum absolute atomic E-state index is 0.0765. The van der Waals surface area contributed by atoms with Gasteiger partial charge in [0.1, 0.15) is 11.6 Å². The summed E-state index contributed by atoms with van der Waals surface area (Å²) in [5.41, 5.74) is 1.18. The molecule has 1 aliphatic heterocycles. The summed E-state index contributed by atoms with van der Waals surface area (Å²) in [6.45, 7) is 1.88. The quantitative estimate of drug-likeness (QED) is 0.401. The average molecular weight is 515 g/mol. The summed E-state index contributed by atoms with van der Waals surface area (Å²) in [4.78, 5) is 15.7. The van der Waals surface area contributed by atoms with Crippen LogP contribution in [0.1, 0.15) is 41.0 Å². The van der Waals surface area contributed by atoms with Crippen molar-refractivity contribution in [1.29, 1.82) is 0 Å². The van der Waals surface area contributed by atoms with E-state index in [9.17, 15) is 26.7 Å². The zero-order chi connectivity index (χ0) is 26.2. The van der Waals surface area contributed by atoms with Crippen molar-refractivity contribution < 1.29 is 26.7 Å². The van der Waals surface area contributed by atoms with Gasteiger partial charge in [-0.1, -0.05) is 42.5 Å².